The molecule has 5 heterocycles. The lowest BCUT2D eigenvalue weighted by Crippen LogP contribution is -2.69. The highest BCUT2D eigenvalue weighted by Crippen LogP contribution is 2.59. The fraction of sp³-hybridized carbons (Fsp3) is 0.750. The van der Waals surface area contributed by atoms with Gasteiger partial charge in [0.15, 0.2) is 12.6 Å². The maximum Gasteiger partial charge on any atom is 0.255 e. The number of nitrogens with one attached hydrogen (secondary N) is 3. The number of amides is 5. The molecule has 426 valence electrons. The number of hydrogen-bond donors (Lipinski definition) is 10. The fourth-order valence-electron chi connectivity index (χ4n) is 11.8. The third-order valence-electron chi connectivity index (χ3n) is 15.3. The normalized spacial score (nSPS) is 38.0. The van der Waals surface area contributed by atoms with Crippen LogP contribution in [0.4, 0.5) is 0 Å². The first-order valence-corrected chi connectivity index (χ1v) is 26.5. The van der Waals surface area contributed by atoms with Crippen LogP contribution < -0.4 is 20.7 Å². The van der Waals surface area contributed by atoms with Crippen molar-refractivity contribution in [3.63, 3.8) is 0 Å². The van der Waals surface area contributed by atoms with Gasteiger partial charge in [-0.2, -0.15) is 0 Å². The molecule has 6 fully saturated rings. The van der Waals surface area contributed by atoms with Crippen molar-refractivity contribution in [2.75, 3.05) is 40.1 Å². The van der Waals surface area contributed by atoms with E-state index >= 15 is 0 Å². The van der Waals surface area contributed by atoms with Crippen LogP contribution in [0.3, 0.4) is 0 Å². The SMILES string of the molecule is CCCCCCC=CCCCOc1ccccc1C(=O)NC1C(O)C(O)C(CO)OC1C1C2C(CO)OC(OC3C(CO)OC(OC4C(COC)OC5CC(=O)N(C(C)=O)C5C4O)C(NC(C)=O)C3O)C(NC(C)=O)C21. The number of hydrogen-bond acceptors (Lipinski definition) is 20. The fourth-order valence-corrected chi connectivity index (χ4v) is 11.8. The largest absolute Gasteiger partial charge is 0.493 e. The van der Waals surface area contributed by atoms with Gasteiger partial charge in [0.2, 0.25) is 23.6 Å². The average molecular weight is 1080 g/mol. The molecule has 76 heavy (non-hydrogen) atoms. The number of aliphatic hydroxyl groups is 7. The molecule has 10 N–H and O–H groups in total. The van der Waals surface area contributed by atoms with Gasteiger partial charge in [0.1, 0.15) is 66.7 Å². The summed E-state index contributed by atoms with van der Waals surface area (Å²) < 4.78 is 49.2. The molecule has 21 atom stereocenters. The molecule has 24 nitrogen and oxygen atoms in total. The lowest BCUT2D eigenvalue weighted by molar-refractivity contribution is -0.339. The van der Waals surface area contributed by atoms with Crippen LogP contribution in [0.1, 0.15) is 89.4 Å². The average Bonchev–Trinajstić information content (AvgIpc) is 4.07. The summed E-state index contributed by atoms with van der Waals surface area (Å²) in [5.74, 6) is -4.95. The molecule has 0 spiro atoms. The number of fused-ring (bicyclic) bond motifs is 2. The van der Waals surface area contributed by atoms with E-state index in [0.29, 0.717) is 13.0 Å². The van der Waals surface area contributed by atoms with Crippen LogP contribution in [-0.4, -0.2) is 220 Å². The van der Waals surface area contributed by atoms with Gasteiger partial charge in [0.05, 0.1) is 81.5 Å². The first-order chi connectivity index (χ1) is 36.5. The van der Waals surface area contributed by atoms with Crippen molar-refractivity contribution in [2.45, 2.75) is 189 Å². The van der Waals surface area contributed by atoms with E-state index in [-0.39, 0.29) is 24.3 Å². The Morgan fingerprint density at radius 1 is 0.684 bits per heavy atom. The minimum Gasteiger partial charge on any atom is -0.493 e. The first kappa shape index (κ1) is 59.4. The molecule has 5 saturated heterocycles. The number of para-hydroxylation sites is 1. The van der Waals surface area contributed by atoms with Crippen LogP contribution in [-0.2, 0) is 52.3 Å². The van der Waals surface area contributed by atoms with Crippen molar-refractivity contribution < 1.29 is 97.6 Å². The second kappa shape index (κ2) is 27.1. The molecular weight excluding hydrogens is 1000 g/mol. The van der Waals surface area contributed by atoms with E-state index in [1.165, 1.54) is 40.2 Å². The zero-order chi connectivity index (χ0) is 55.0. The van der Waals surface area contributed by atoms with Gasteiger partial charge in [0.25, 0.3) is 5.91 Å². The molecule has 0 radical (unpaired) electrons. The number of nitrogens with zero attached hydrogens (tertiary/aromatic N) is 1. The number of ether oxygens (including phenoxy) is 8. The zero-order valence-corrected chi connectivity index (χ0v) is 43.7. The van der Waals surface area contributed by atoms with Crippen molar-refractivity contribution in [1.29, 1.82) is 0 Å². The number of likely N-dealkylation sites (tertiary alicyclic amines) is 1. The minimum absolute atomic E-state index is 0.140. The van der Waals surface area contributed by atoms with E-state index in [9.17, 15) is 59.7 Å². The molecular formula is C52H78N4O20. The molecule has 7 rings (SSSR count). The smallest absolute Gasteiger partial charge is 0.255 e. The third kappa shape index (κ3) is 13.2. The van der Waals surface area contributed by atoms with Gasteiger partial charge in [-0.25, -0.2) is 0 Å². The second-order valence-corrected chi connectivity index (χ2v) is 20.6. The van der Waals surface area contributed by atoms with E-state index in [1.807, 2.05) is 0 Å². The number of allylic oxidation sites excluding steroid dienone is 2. The Kier molecular flexibility index (Phi) is 21.2. The molecule has 1 aromatic rings. The third-order valence-corrected chi connectivity index (χ3v) is 15.3. The Labute approximate surface area is 441 Å². The Bertz CT molecular complexity index is 2160. The lowest BCUT2D eigenvalue weighted by Gasteiger charge is -2.49. The molecule has 24 heteroatoms. The van der Waals surface area contributed by atoms with E-state index in [2.05, 4.69) is 35.0 Å². The highest BCUT2D eigenvalue weighted by molar-refractivity contribution is 5.97. The lowest BCUT2D eigenvalue weighted by atomic mass is 9.88. The number of methoxy groups -OCH3 is 1. The highest BCUT2D eigenvalue weighted by Gasteiger charge is 2.70. The molecule has 0 bridgehead atoms. The Morgan fingerprint density at radius 3 is 1.96 bits per heavy atom. The summed E-state index contributed by atoms with van der Waals surface area (Å²) >= 11 is 0. The summed E-state index contributed by atoms with van der Waals surface area (Å²) in [6.45, 7) is 3.71. The number of rotatable bonds is 24. The van der Waals surface area contributed by atoms with Crippen molar-refractivity contribution >= 4 is 29.5 Å². The monoisotopic (exact) mass is 1080 g/mol. The topological polar surface area (TPSA) is 340 Å². The van der Waals surface area contributed by atoms with E-state index in [0.717, 1.165) is 31.1 Å². The maximum atomic E-state index is 14.2. The number of benzene rings is 1. The second-order valence-electron chi connectivity index (χ2n) is 20.6. The van der Waals surface area contributed by atoms with E-state index < -0.39 is 177 Å². The van der Waals surface area contributed by atoms with Crippen LogP contribution in [0.15, 0.2) is 36.4 Å². The van der Waals surface area contributed by atoms with Crippen molar-refractivity contribution in [2.24, 2.45) is 17.8 Å². The van der Waals surface area contributed by atoms with Crippen LogP contribution in [0, 0.1) is 17.8 Å². The van der Waals surface area contributed by atoms with E-state index in [1.54, 1.807) is 24.3 Å². The maximum absolute atomic E-state index is 14.2. The summed E-state index contributed by atoms with van der Waals surface area (Å²) in [6, 6.07) is 1.44. The molecule has 5 amide bonds. The van der Waals surface area contributed by atoms with Gasteiger partial charge < -0.3 is 89.6 Å². The molecule has 1 aliphatic carbocycles. The van der Waals surface area contributed by atoms with Gasteiger partial charge in [-0.1, -0.05) is 50.5 Å². The highest BCUT2D eigenvalue weighted by atomic mass is 16.7. The number of carbonyl (C=O) groups excluding carboxylic acids is 5. The summed E-state index contributed by atoms with van der Waals surface area (Å²) in [5.41, 5.74) is 0.140. The quantitative estimate of drug-likeness (QED) is 0.0408. The number of unbranched alkanes of at least 4 members (excludes halogenated alkanes) is 5. The zero-order valence-electron chi connectivity index (χ0n) is 43.7. The summed E-state index contributed by atoms with van der Waals surface area (Å²) in [7, 11) is 1.37. The van der Waals surface area contributed by atoms with Gasteiger partial charge in [-0.3, -0.25) is 28.9 Å². The molecule has 5 aliphatic heterocycles. The predicted molar refractivity (Wildman–Crippen MR) is 263 cm³/mol. The van der Waals surface area contributed by atoms with Crippen LogP contribution >= 0.6 is 0 Å². The van der Waals surface area contributed by atoms with E-state index in [4.69, 9.17) is 37.9 Å². The summed E-state index contributed by atoms with van der Waals surface area (Å²) in [4.78, 5) is 66.3. The van der Waals surface area contributed by atoms with Gasteiger partial charge in [-0.15, -0.1) is 0 Å². The molecule has 21 unspecified atom stereocenters. The van der Waals surface area contributed by atoms with Crippen LogP contribution in [0.2, 0.25) is 0 Å². The van der Waals surface area contributed by atoms with Gasteiger partial charge in [0, 0.05) is 27.9 Å². The first-order valence-electron chi connectivity index (χ1n) is 26.5. The van der Waals surface area contributed by atoms with Crippen molar-refractivity contribution in [3.8, 4) is 5.75 Å². The predicted octanol–water partition coefficient (Wildman–Crippen LogP) is -1.69. The molecule has 6 aliphatic rings. The molecule has 1 saturated carbocycles. The van der Waals surface area contributed by atoms with Crippen LogP contribution in [0.25, 0.3) is 0 Å². The number of aliphatic hydroxyl groups excluding tert-OH is 7. The van der Waals surface area contributed by atoms with Gasteiger partial charge in [-0.05, 0) is 55.6 Å². The Hall–Kier alpha value is -4.25. The Morgan fingerprint density at radius 2 is 1.32 bits per heavy atom. The standard InChI is InChI=1S/C52H78N4O20/c1-6-7-8-9-10-11-12-13-16-19-70-29-18-15-14-17-28(29)50(68)55-40-44(65)43(64)32(22-58)72-49(40)38-36-31(21-57)73-51(39(37(36)38)53-25(2)60)75-47-33(23-59)74-52(41(45(47)66)54-26(3)61)76-48-34(24-69-5)71-30-20-35(63)56(27(4)62)42(30)46(48)67/h11-12,14-15,17-18,30-34,36-49,51-52,57-59,64-67H,6-10,13,16,19-24H2,1-5H3,(H,53,60)(H,54,61)(H,55,68). The van der Waals surface area contributed by atoms with Crippen molar-refractivity contribution in [3.05, 3.63) is 42.0 Å². The van der Waals surface area contributed by atoms with Crippen LogP contribution in [0.5, 0.6) is 5.75 Å². The van der Waals surface area contributed by atoms with Crippen molar-refractivity contribution in [1.82, 2.24) is 20.9 Å². The minimum atomic E-state index is -1.80. The summed E-state index contributed by atoms with van der Waals surface area (Å²) in [5, 5.41) is 87.0. The van der Waals surface area contributed by atoms with Gasteiger partial charge >= 0.3 is 0 Å². The molecule has 0 aromatic heterocycles. The summed E-state index contributed by atoms with van der Waals surface area (Å²) in [6.07, 6.45) is -8.55. The molecule has 1 aromatic carbocycles. The number of imide groups is 1. The number of carbonyl (C=O) groups is 5. The Balaban J connectivity index is 1.10.